The zero-order chi connectivity index (χ0) is 19.1. The fourth-order valence-corrected chi connectivity index (χ4v) is 2.43. The largest absolute Gasteiger partial charge is 0.494 e. The smallest absolute Gasteiger partial charge is 0.145 e. The Kier molecular flexibility index (Phi) is 5.68. The fraction of sp³-hybridized carbons (Fsp3) is 0.105. The van der Waals surface area contributed by atoms with Crippen LogP contribution in [0.25, 0.3) is 0 Å². The minimum absolute atomic E-state index is 0.287. The van der Waals surface area contributed by atoms with E-state index in [-0.39, 0.29) is 5.82 Å². The van der Waals surface area contributed by atoms with Crippen LogP contribution in [0.1, 0.15) is 5.56 Å². The van der Waals surface area contributed by atoms with E-state index in [4.69, 9.17) is 15.3 Å². The predicted octanol–water partition coefficient (Wildman–Crippen LogP) is 3.53. The SMILES string of the molecule is CO/N=C/c1c(N)ncnc1Nc1ccc(Nc2ccccc2)cc1OC. The first kappa shape index (κ1) is 18.0. The van der Waals surface area contributed by atoms with Gasteiger partial charge in [0, 0.05) is 17.4 Å². The Morgan fingerprint density at radius 3 is 2.56 bits per heavy atom. The van der Waals surface area contributed by atoms with Crippen LogP contribution >= 0.6 is 0 Å². The van der Waals surface area contributed by atoms with Gasteiger partial charge in [-0.2, -0.15) is 0 Å². The van der Waals surface area contributed by atoms with Gasteiger partial charge < -0.3 is 25.9 Å². The second kappa shape index (κ2) is 8.52. The van der Waals surface area contributed by atoms with Crippen LogP contribution in [0.4, 0.5) is 28.7 Å². The summed E-state index contributed by atoms with van der Waals surface area (Å²) in [4.78, 5) is 12.9. The van der Waals surface area contributed by atoms with Gasteiger partial charge in [-0.25, -0.2) is 9.97 Å². The molecule has 8 heteroatoms. The molecule has 0 aliphatic carbocycles. The Balaban J connectivity index is 1.88. The number of methoxy groups -OCH3 is 1. The van der Waals surface area contributed by atoms with Crippen molar-refractivity contribution in [2.45, 2.75) is 0 Å². The van der Waals surface area contributed by atoms with Crippen LogP contribution in [0.3, 0.4) is 0 Å². The number of ether oxygens (including phenoxy) is 1. The van der Waals surface area contributed by atoms with Crippen molar-refractivity contribution in [3.05, 3.63) is 60.4 Å². The summed E-state index contributed by atoms with van der Waals surface area (Å²) in [5, 5.41) is 10.3. The van der Waals surface area contributed by atoms with Gasteiger partial charge in [-0.3, -0.25) is 0 Å². The highest BCUT2D eigenvalue weighted by Crippen LogP contribution is 2.32. The number of aromatic nitrogens is 2. The van der Waals surface area contributed by atoms with Crippen LogP contribution in [0, 0.1) is 0 Å². The maximum Gasteiger partial charge on any atom is 0.145 e. The van der Waals surface area contributed by atoms with E-state index in [0.717, 1.165) is 17.1 Å². The molecule has 0 aliphatic heterocycles. The highest BCUT2D eigenvalue weighted by Gasteiger charge is 2.11. The number of hydrogen-bond acceptors (Lipinski definition) is 8. The molecule has 3 aromatic rings. The number of anilines is 5. The first-order chi connectivity index (χ1) is 13.2. The molecule has 138 valence electrons. The Bertz CT molecular complexity index is 931. The Labute approximate surface area is 157 Å². The number of rotatable bonds is 7. The quantitative estimate of drug-likeness (QED) is 0.435. The normalized spacial score (nSPS) is 10.6. The Hall–Kier alpha value is -3.81. The minimum Gasteiger partial charge on any atom is -0.494 e. The maximum absolute atomic E-state index is 5.92. The molecule has 0 radical (unpaired) electrons. The highest BCUT2D eigenvalue weighted by molar-refractivity contribution is 5.92. The second-order valence-corrected chi connectivity index (χ2v) is 5.47. The van der Waals surface area contributed by atoms with Crippen molar-refractivity contribution < 1.29 is 9.57 Å². The molecule has 0 aliphatic rings. The number of nitrogens with one attached hydrogen (secondary N) is 2. The first-order valence-electron chi connectivity index (χ1n) is 8.15. The molecule has 0 amide bonds. The number of nitrogen functional groups attached to an aromatic ring is 1. The molecule has 0 saturated carbocycles. The average Bonchev–Trinajstić information content (AvgIpc) is 2.69. The molecule has 0 spiro atoms. The number of nitrogens with zero attached hydrogens (tertiary/aromatic N) is 3. The second-order valence-electron chi connectivity index (χ2n) is 5.47. The van der Waals surface area contributed by atoms with Crippen molar-refractivity contribution in [1.29, 1.82) is 0 Å². The van der Waals surface area contributed by atoms with E-state index in [9.17, 15) is 0 Å². The summed E-state index contributed by atoms with van der Waals surface area (Å²) in [5.74, 6) is 1.42. The molecule has 27 heavy (non-hydrogen) atoms. The topological polar surface area (TPSA) is 107 Å². The summed E-state index contributed by atoms with van der Waals surface area (Å²) in [6, 6.07) is 15.6. The van der Waals surface area contributed by atoms with Crippen molar-refractivity contribution in [2.24, 2.45) is 5.16 Å². The zero-order valence-corrected chi connectivity index (χ0v) is 15.0. The summed E-state index contributed by atoms with van der Waals surface area (Å²) in [5.41, 5.74) is 9.05. The summed E-state index contributed by atoms with van der Waals surface area (Å²) in [6.07, 6.45) is 2.83. The molecule has 1 aromatic heterocycles. The molecule has 0 saturated heterocycles. The van der Waals surface area contributed by atoms with Crippen molar-refractivity contribution in [1.82, 2.24) is 9.97 Å². The van der Waals surface area contributed by atoms with E-state index in [1.807, 2.05) is 48.5 Å². The van der Waals surface area contributed by atoms with E-state index in [1.54, 1.807) is 7.11 Å². The van der Waals surface area contributed by atoms with Crippen molar-refractivity contribution >= 4 is 34.9 Å². The van der Waals surface area contributed by atoms with Gasteiger partial charge >= 0.3 is 0 Å². The predicted molar refractivity (Wildman–Crippen MR) is 107 cm³/mol. The highest BCUT2D eigenvalue weighted by atomic mass is 16.6. The number of benzene rings is 2. The molecule has 4 N–H and O–H groups in total. The van der Waals surface area contributed by atoms with Crippen molar-refractivity contribution in [2.75, 3.05) is 30.6 Å². The Morgan fingerprint density at radius 1 is 1.00 bits per heavy atom. The molecule has 0 bridgehead atoms. The summed E-state index contributed by atoms with van der Waals surface area (Å²) in [7, 11) is 3.06. The van der Waals surface area contributed by atoms with Crippen molar-refractivity contribution in [3.8, 4) is 5.75 Å². The summed E-state index contributed by atoms with van der Waals surface area (Å²) < 4.78 is 5.51. The third kappa shape index (κ3) is 4.43. The molecule has 0 atom stereocenters. The monoisotopic (exact) mass is 364 g/mol. The van der Waals surface area contributed by atoms with Crippen LogP contribution in [-0.2, 0) is 4.84 Å². The lowest BCUT2D eigenvalue weighted by atomic mass is 10.2. The number of oxime groups is 1. The van der Waals surface area contributed by atoms with Gasteiger partial charge in [-0.15, -0.1) is 0 Å². The molecule has 3 rings (SSSR count). The van der Waals surface area contributed by atoms with Gasteiger partial charge in [0.1, 0.15) is 30.8 Å². The molecule has 1 heterocycles. The van der Waals surface area contributed by atoms with Gasteiger partial charge in [-0.05, 0) is 24.3 Å². The van der Waals surface area contributed by atoms with Gasteiger partial charge in [0.15, 0.2) is 0 Å². The van der Waals surface area contributed by atoms with E-state index in [1.165, 1.54) is 19.7 Å². The van der Waals surface area contributed by atoms with E-state index >= 15 is 0 Å². The van der Waals surface area contributed by atoms with Gasteiger partial charge in [-0.1, -0.05) is 23.4 Å². The number of nitrogens with two attached hydrogens (primary N) is 1. The van der Waals surface area contributed by atoms with E-state index < -0.39 is 0 Å². The lowest BCUT2D eigenvalue weighted by Crippen LogP contribution is -2.06. The maximum atomic E-state index is 5.92. The zero-order valence-electron chi connectivity index (χ0n) is 15.0. The van der Waals surface area contributed by atoms with Crippen LogP contribution in [-0.4, -0.2) is 30.4 Å². The Morgan fingerprint density at radius 2 is 1.81 bits per heavy atom. The van der Waals surface area contributed by atoms with Crippen LogP contribution < -0.4 is 21.1 Å². The molecular formula is C19H20N6O2. The number of hydrogen-bond donors (Lipinski definition) is 3. The molecule has 0 fully saturated rings. The lowest BCUT2D eigenvalue weighted by Gasteiger charge is -2.15. The van der Waals surface area contributed by atoms with Gasteiger partial charge in [0.25, 0.3) is 0 Å². The molecular weight excluding hydrogens is 344 g/mol. The lowest BCUT2D eigenvalue weighted by molar-refractivity contribution is 0.215. The summed E-state index contributed by atoms with van der Waals surface area (Å²) in [6.45, 7) is 0. The molecule has 2 aromatic carbocycles. The van der Waals surface area contributed by atoms with Crippen LogP contribution in [0.15, 0.2) is 60.0 Å². The standard InChI is InChI=1S/C19H20N6O2/c1-26-17-10-14(24-13-6-4-3-5-7-13)8-9-16(17)25-19-15(11-23-27-2)18(20)21-12-22-19/h3-12,24H,1-2H3,(H3,20,21,22,25)/b23-11+. The molecule has 0 unspecified atom stereocenters. The van der Waals surface area contributed by atoms with Crippen molar-refractivity contribution in [3.63, 3.8) is 0 Å². The third-order valence-electron chi connectivity index (χ3n) is 3.72. The number of para-hydroxylation sites is 1. The third-order valence-corrected chi connectivity index (χ3v) is 3.72. The van der Waals surface area contributed by atoms with E-state index in [2.05, 4.69) is 25.8 Å². The fourth-order valence-electron chi connectivity index (χ4n) is 2.43. The first-order valence-corrected chi connectivity index (χ1v) is 8.15. The van der Waals surface area contributed by atoms with Gasteiger partial charge in [0.2, 0.25) is 0 Å². The average molecular weight is 364 g/mol. The van der Waals surface area contributed by atoms with E-state index in [0.29, 0.717) is 17.1 Å². The van der Waals surface area contributed by atoms with Gasteiger partial charge in [0.05, 0.1) is 24.6 Å². The summed E-state index contributed by atoms with van der Waals surface area (Å²) >= 11 is 0. The van der Waals surface area contributed by atoms with Crippen LogP contribution in [0.2, 0.25) is 0 Å². The minimum atomic E-state index is 0.287. The van der Waals surface area contributed by atoms with Crippen LogP contribution in [0.5, 0.6) is 5.75 Å². The molecule has 8 nitrogen and oxygen atoms in total.